The van der Waals surface area contributed by atoms with Gasteiger partial charge in [-0.05, 0) is 26.8 Å². The van der Waals surface area contributed by atoms with E-state index in [1.807, 2.05) is 19.2 Å². The van der Waals surface area contributed by atoms with Gasteiger partial charge in [-0.1, -0.05) is 0 Å². The van der Waals surface area contributed by atoms with Crippen LogP contribution in [0.25, 0.3) is 0 Å². The highest BCUT2D eigenvalue weighted by Gasteiger charge is 2.29. The maximum Gasteiger partial charge on any atom is 0.125 e. The summed E-state index contributed by atoms with van der Waals surface area (Å²) in [5.41, 5.74) is 1.32. The first-order chi connectivity index (χ1) is 7.58. The summed E-state index contributed by atoms with van der Waals surface area (Å²) in [5, 5.41) is 3.43. The summed E-state index contributed by atoms with van der Waals surface area (Å²) in [6, 6.07) is 2.01. The molecule has 1 saturated heterocycles. The first-order valence-electron chi connectivity index (χ1n) is 5.82. The fourth-order valence-electron chi connectivity index (χ4n) is 2.10. The lowest BCUT2D eigenvalue weighted by Crippen LogP contribution is -2.57. The molecule has 1 aliphatic rings. The lowest BCUT2D eigenvalue weighted by molar-refractivity contribution is 0.0813. The van der Waals surface area contributed by atoms with Crippen LogP contribution in [-0.2, 0) is 6.54 Å². The Kier molecular flexibility index (Phi) is 3.21. The third-order valence-electron chi connectivity index (χ3n) is 3.16. The molecule has 0 amide bonds. The lowest BCUT2D eigenvalue weighted by Gasteiger charge is -2.42. The van der Waals surface area contributed by atoms with Crippen molar-refractivity contribution in [1.29, 1.82) is 0 Å². The Hall–Kier alpha value is -1.00. The molecule has 1 N–H and O–H groups in total. The molecule has 1 aromatic heterocycles. The number of hydrogen-bond donors (Lipinski definition) is 1. The Morgan fingerprint density at radius 3 is 3.00 bits per heavy atom. The summed E-state index contributed by atoms with van der Waals surface area (Å²) in [4.78, 5) is 11.1. The molecule has 88 valence electrons. The Balaban J connectivity index is 2.08. The molecule has 0 bridgehead atoms. The van der Waals surface area contributed by atoms with Gasteiger partial charge in [0.1, 0.15) is 5.82 Å². The molecule has 1 fully saturated rings. The van der Waals surface area contributed by atoms with Crippen molar-refractivity contribution in [2.75, 3.05) is 19.6 Å². The van der Waals surface area contributed by atoms with E-state index in [2.05, 4.69) is 34.0 Å². The van der Waals surface area contributed by atoms with E-state index >= 15 is 0 Å². The number of nitrogens with one attached hydrogen (secondary N) is 1. The van der Waals surface area contributed by atoms with Crippen LogP contribution in [0.3, 0.4) is 0 Å². The highest BCUT2D eigenvalue weighted by molar-refractivity contribution is 5.03. The third-order valence-corrected chi connectivity index (χ3v) is 3.16. The maximum absolute atomic E-state index is 4.46. The van der Waals surface area contributed by atoms with Crippen molar-refractivity contribution in [3.8, 4) is 0 Å². The van der Waals surface area contributed by atoms with Crippen molar-refractivity contribution in [3.05, 3.63) is 23.8 Å². The second-order valence-electron chi connectivity index (χ2n) is 5.01. The van der Waals surface area contributed by atoms with Crippen LogP contribution in [0.5, 0.6) is 0 Å². The number of nitrogens with zero attached hydrogens (tertiary/aromatic N) is 3. The van der Waals surface area contributed by atoms with Gasteiger partial charge in [-0.25, -0.2) is 9.97 Å². The molecule has 1 aromatic rings. The number of aryl methyl sites for hydroxylation is 1. The van der Waals surface area contributed by atoms with Crippen molar-refractivity contribution in [2.24, 2.45) is 0 Å². The van der Waals surface area contributed by atoms with E-state index in [1.165, 1.54) is 0 Å². The molecule has 4 nitrogen and oxygen atoms in total. The Labute approximate surface area is 97.1 Å². The van der Waals surface area contributed by atoms with Crippen LogP contribution in [0.4, 0.5) is 0 Å². The standard InChI is InChI=1S/C12H20N4/c1-10-14-5-4-11(15-10)8-16-7-6-13-9-12(16,2)3/h4-5,13H,6-9H2,1-3H3. The molecule has 4 heteroatoms. The first kappa shape index (κ1) is 11.5. The molecule has 1 aliphatic heterocycles. The second-order valence-corrected chi connectivity index (χ2v) is 5.01. The summed E-state index contributed by atoms with van der Waals surface area (Å²) in [5.74, 6) is 0.852. The van der Waals surface area contributed by atoms with Crippen LogP contribution in [0.1, 0.15) is 25.4 Å². The topological polar surface area (TPSA) is 41.1 Å². The molecule has 0 spiro atoms. The number of piperazine rings is 1. The average molecular weight is 220 g/mol. The maximum atomic E-state index is 4.46. The van der Waals surface area contributed by atoms with Crippen molar-refractivity contribution >= 4 is 0 Å². The Bertz CT molecular complexity index is 362. The van der Waals surface area contributed by atoms with Crippen molar-refractivity contribution in [1.82, 2.24) is 20.2 Å². The Morgan fingerprint density at radius 1 is 1.50 bits per heavy atom. The van der Waals surface area contributed by atoms with Gasteiger partial charge in [0.15, 0.2) is 0 Å². The molecular formula is C12H20N4. The SMILES string of the molecule is Cc1nccc(CN2CCNCC2(C)C)n1. The predicted octanol–water partition coefficient (Wildman–Crippen LogP) is 0.969. The fraction of sp³-hybridized carbons (Fsp3) is 0.667. The quantitative estimate of drug-likeness (QED) is 0.806. The molecule has 0 aliphatic carbocycles. The minimum atomic E-state index is 0.205. The van der Waals surface area contributed by atoms with Crippen LogP contribution in [0.15, 0.2) is 12.3 Å². The molecule has 0 aromatic carbocycles. The zero-order valence-corrected chi connectivity index (χ0v) is 10.3. The van der Waals surface area contributed by atoms with Crippen LogP contribution in [0.2, 0.25) is 0 Å². The smallest absolute Gasteiger partial charge is 0.125 e. The van der Waals surface area contributed by atoms with Crippen molar-refractivity contribution in [2.45, 2.75) is 32.9 Å². The van der Waals surface area contributed by atoms with Gasteiger partial charge in [-0.15, -0.1) is 0 Å². The van der Waals surface area contributed by atoms with Gasteiger partial charge in [-0.3, -0.25) is 4.90 Å². The summed E-state index contributed by atoms with van der Waals surface area (Å²) < 4.78 is 0. The van der Waals surface area contributed by atoms with Crippen LogP contribution in [0, 0.1) is 6.92 Å². The molecule has 0 unspecified atom stereocenters. The number of aromatic nitrogens is 2. The molecular weight excluding hydrogens is 200 g/mol. The summed E-state index contributed by atoms with van der Waals surface area (Å²) in [7, 11) is 0. The first-order valence-corrected chi connectivity index (χ1v) is 5.82. The van der Waals surface area contributed by atoms with Gasteiger partial charge in [0.2, 0.25) is 0 Å². The van der Waals surface area contributed by atoms with E-state index in [-0.39, 0.29) is 5.54 Å². The number of hydrogen-bond acceptors (Lipinski definition) is 4. The highest BCUT2D eigenvalue weighted by Crippen LogP contribution is 2.18. The van der Waals surface area contributed by atoms with Gasteiger partial charge in [0.25, 0.3) is 0 Å². The lowest BCUT2D eigenvalue weighted by atomic mass is 10.00. The molecule has 2 heterocycles. The summed E-state index contributed by atoms with van der Waals surface area (Å²) >= 11 is 0. The largest absolute Gasteiger partial charge is 0.314 e. The summed E-state index contributed by atoms with van der Waals surface area (Å²) in [6.45, 7) is 10.6. The van der Waals surface area contributed by atoms with E-state index in [9.17, 15) is 0 Å². The molecule has 0 atom stereocenters. The zero-order chi connectivity index (χ0) is 11.6. The van der Waals surface area contributed by atoms with E-state index < -0.39 is 0 Å². The third kappa shape index (κ3) is 2.57. The Morgan fingerprint density at radius 2 is 2.31 bits per heavy atom. The van der Waals surface area contributed by atoms with Gasteiger partial charge >= 0.3 is 0 Å². The van der Waals surface area contributed by atoms with E-state index in [1.54, 1.807) is 0 Å². The van der Waals surface area contributed by atoms with Crippen molar-refractivity contribution < 1.29 is 0 Å². The normalized spacial score (nSPS) is 20.9. The molecule has 2 rings (SSSR count). The van der Waals surface area contributed by atoms with E-state index in [0.29, 0.717) is 0 Å². The number of rotatable bonds is 2. The highest BCUT2D eigenvalue weighted by atomic mass is 15.3. The van der Waals surface area contributed by atoms with Crippen molar-refractivity contribution in [3.63, 3.8) is 0 Å². The average Bonchev–Trinajstić information content (AvgIpc) is 2.21. The van der Waals surface area contributed by atoms with Gasteiger partial charge in [0, 0.05) is 37.9 Å². The molecule has 0 radical (unpaired) electrons. The van der Waals surface area contributed by atoms with Gasteiger partial charge < -0.3 is 5.32 Å². The van der Waals surface area contributed by atoms with Gasteiger partial charge in [0.05, 0.1) is 5.69 Å². The second kappa shape index (κ2) is 4.47. The zero-order valence-electron chi connectivity index (χ0n) is 10.3. The van der Waals surface area contributed by atoms with E-state index in [4.69, 9.17) is 0 Å². The fourth-order valence-corrected chi connectivity index (χ4v) is 2.10. The predicted molar refractivity (Wildman–Crippen MR) is 64.1 cm³/mol. The van der Waals surface area contributed by atoms with Gasteiger partial charge in [-0.2, -0.15) is 0 Å². The van der Waals surface area contributed by atoms with Crippen LogP contribution in [-0.4, -0.2) is 40.0 Å². The minimum Gasteiger partial charge on any atom is -0.314 e. The minimum absolute atomic E-state index is 0.205. The van der Waals surface area contributed by atoms with E-state index in [0.717, 1.165) is 37.7 Å². The molecule has 16 heavy (non-hydrogen) atoms. The molecule has 0 saturated carbocycles. The summed E-state index contributed by atoms with van der Waals surface area (Å²) in [6.07, 6.45) is 1.84. The monoisotopic (exact) mass is 220 g/mol. The van der Waals surface area contributed by atoms with Crippen LogP contribution < -0.4 is 5.32 Å². The van der Waals surface area contributed by atoms with Crippen LogP contribution >= 0.6 is 0 Å².